The Balaban J connectivity index is 2.71. The van der Waals surface area contributed by atoms with E-state index in [1.54, 1.807) is 0 Å². The van der Waals surface area contributed by atoms with Gasteiger partial charge in [0.25, 0.3) is 0 Å². The molecule has 0 N–H and O–H groups in total. The van der Waals surface area contributed by atoms with Gasteiger partial charge >= 0.3 is 5.97 Å². The first kappa shape index (κ1) is 14.8. The molecule has 0 spiro atoms. The summed E-state index contributed by atoms with van der Waals surface area (Å²) in [7, 11) is 0. The standard InChI is InChI=1S/C13H25NO2S/c1-6-11-10(5)17-13(9(3)4)14(11)8-12(15)16-7-2/h9-11,13H,6-8H2,1-5H3. The minimum atomic E-state index is -0.0914. The summed E-state index contributed by atoms with van der Waals surface area (Å²) in [4.78, 5) is 14.0. The molecule has 17 heavy (non-hydrogen) atoms. The van der Waals surface area contributed by atoms with Gasteiger partial charge in [-0.15, -0.1) is 11.8 Å². The van der Waals surface area contributed by atoms with Gasteiger partial charge in [-0.25, -0.2) is 0 Å². The highest BCUT2D eigenvalue weighted by Crippen LogP contribution is 2.40. The molecule has 3 atom stereocenters. The largest absolute Gasteiger partial charge is 0.465 e. The second kappa shape index (κ2) is 6.64. The lowest BCUT2D eigenvalue weighted by atomic mass is 10.1. The number of carbonyl (C=O) groups is 1. The van der Waals surface area contributed by atoms with Crippen molar-refractivity contribution in [2.45, 2.75) is 57.7 Å². The zero-order chi connectivity index (χ0) is 13.0. The first-order chi connectivity index (χ1) is 8.01. The summed E-state index contributed by atoms with van der Waals surface area (Å²) in [6.07, 6.45) is 1.09. The van der Waals surface area contributed by atoms with Crippen molar-refractivity contribution in [1.82, 2.24) is 4.90 Å². The molecule has 1 heterocycles. The van der Waals surface area contributed by atoms with Gasteiger partial charge in [0.05, 0.1) is 18.5 Å². The predicted molar refractivity (Wildman–Crippen MR) is 73.1 cm³/mol. The van der Waals surface area contributed by atoms with E-state index in [-0.39, 0.29) is 5.97 Å². The molecule has 0 aromatic carbocycles. The third-order valence-electron chi connectivity index (χ3n) is 3.25. The zero-order valence-corrected chi connectivity index (χ0v) is 12.4. The van der Waals surface area contributed by atoms with E-state index in [0.717, 1.165) is 6.42 Å². The minimum absolute atomic E-state index is 0.0914. The average Bonchev–Trinajstić information content (AvgIpc) is 2.55. The molecule has 1 aliphatic heterocycles. The molecule has 1 fully saturated rings. The van der Waals surface area contributed by atoms with Crippen molar-refractivity contribution in [3.8, 4) is 0 Å². The SMILES string of the molecule is CCOC(=O)CN1C(CC)C(C)SC1C(C)C. The van der Waals surface area contributed by atoms with E-state index >= 15 is 0 Å². The van der Waals surface area contributed by atoms with E-state index in [4.69, 9.17) is 4.74 Å². The maximum absolute atomic E-state index is 11.7. The van der Waals surface area contributed by atoms with E-state index in [0.29, 0.717) is 35.7 Å². The Bertz CT molecular complexity index is 258. The smallest absolute Gasteiger partial charge is 0.320 e. The molecule has 1 aliphatic rings. The van der Waals surface area contributed by atoms with E-state index in [1.165, 1.54) is 0 Å². The van der Waals surface area contributed by atoms with Gasteiger partial charge in [-0.3, -0.25) is 9.69 Å². The Morgan fingerprint density at radius 1 is 1.41 bits per heavy atom. The Kier molecular flexibility index (Phi) is 5.80. The fourth-order valence-electron chi connectivity index (χ4n) is 2.52. The molecule has 0 saturated carbocycles. The quantitative estimate of drug-likeness (QED) is 0.710. The van der Waals surface area contributed by atoms with Gasteiger partial charge in [-0.1, -0.05) is 27.7 Å². The van der Waals surface area contributed by atoms with Gasteiger partial charge in [-0.2, -0.15) is 0 Å². The van der Waals surface area contributed by atoms with E-state index in [2.05, 4.69) is 32.6 Å². The molecule has 0 aromatic rings. The predicted octanol–water partition coefficient (Wildman–Crippen LogP) is 2.75. The van der Waals surface area contributed by atoms with Crippen LogP contribution in [0, 0.1) is 5.92 Å². The molecule has 100 valence electrons. The molecule has 0 radical (unpaired) electrons. The summed E-state index contributed by atoms with van der Waals surface area (Å²) in [6, 6.07) is 0.497. The number of esters is 1. The summed E-state index contributed by atoms with van der Waals surface area (Å²) in [5, 5.41) is 1.04. The van der Waals surface area contributed by atoms with Crippen LogP contribution in [0.1, 0.15) is 41.0 Å². The van der Waals surface area contributed by atoms with Gasteiger partial charge < -0.3 is 4.74 Å². The first-order valence-electron chi connectivity index (χ1n) is 6.58. The van der Waals surface area contributed by atoms with Gasteiger partial charge in [0, 0.05) is 11.3 Å². The lowest BCUT2D eigenvalue weighted by molar-refractivity contribution is -0.145. The van der Waals surface area contributed by atoms with Crippen LogP contribution in [0.2, 0.25) is 0 Å². The molecule has 1 rings (SSSR count). The summed E-state index contributed by atoms with van der Waals surface area (Å²) in [5.41, 5.74) is 0. The van der Waals surface area contributed by atoms with Crippen molar-refractivity contribution in [2.24, 2.45) is 5.92 Å². The fourth-order valence-corrected chi connectivity index (χ4v) is 4.19. The van der Waals surface area contributed by atoms with Crippen LogP contribution >= 0.6 is 11.8 Å². The van der Waals surface area contributed by atoms with Crippen LogP contribution in [0.4, 0.5) is 0 Å². The van der Waals surface area contributed by atoms with Crippen LogP contribution in [-0.4, -0.2) is 40.7 Å². The highest BCUT2D eigenvalue weighted by atomic mass is 32.2. The maximum Gasteiger partial charge on any atom is 0.320 e. The van der Waals surface area contributed by atoms with E-state index in [9.17, 15) is 4.79 Å². The fraction of sp³-hybridized carbons (Fsp3) is 0.923. The topological polar surface area (TPSA) is 29.5 Å². The van der Waals surface area contributed by atoms with E-state index < -0.39 is 0 Å². The molecule has 0 aromatic heterocycles. The van der Waals surface area contributed by atoms with Crippen LogP contribution in [0.15, 0.2) is 0 Å². The number of carbonyl (C=O) groups excluding carboxylic acids is 1. The van der Waals surface area contributed by atoms with Crippen LogP contribution in [0.5, 0.6) is 0 Å². The summed E-state index contributed by atoms with van der Waals surface area (Å²) in [5.74, 6) is 0.472. The van der Waals surface area contributed by atoms with Crippen LogP contribution in [0.3, 0.4) is 0 Å². The van der Waals surface area contributed by atoms with Crippen LogP contribution in [0.25, 0.3) is 0 Å². The Morgan fingerprint density at radius 2 is 2.06 bits per heavy atom. The summed E-state index contributed by atoms with van der Waals surface area (Å²) < 4.78 is 5.07. The van der Waals surface area contributed by atoms with E-state index in [1.807, 2.05) is 18.7 Å². The maximum atomic E-state index is 11.7. The second-order valence-corrected chi connectivity index (χ2v) is 6.43. The Morgan fingerprint density at radius 3 is 2.53 bits per heavy atom. The molecular formula is C13H25NO2S. The summed E-state index contributed by atoms with van der Waals surface area (Å²) >= 11 is 1.99. The number of nitrogens with zero attached hydrogens (tertiary/aromatic N) is 1. The molecule has 0 amide bonds. The number of thioether (sulfide) groups is 1. The van der Waals surface area contributed by atoms with Crippen LogP contribution in [-0.2, 0) is 9.53 Å². The van der Waals surface area contributed by atoms with Gasteiger partial charge in [-0.05, 0) is 19.3 Å². The highest BCUT2D eigenvalue weighted by Gasteiger charge is 2.40. The Hall–Kier alpha value is -0.220. The third-order valence-corrected chi connectivity index (χ3v) is 5.09. The first-order valence-corrected chi connectivity index (χ1v) is 7.52. The second-order valence-electron chi connectivity index (χ2n) is 4.93. The number of rotatable bonds is 5. The highest BCUT2D eigenvalue weighted by molar-refractivity contribution is 8.00. The molecule has 0 bridgehead atoms. The molecular weight excluding hydrogens is 234 g/mol. The molecule has 0 aliphatic carbocycles. The monoisotopic (exact) mass is 259 g/mol. The van der Waals surface area contributed by atoms with Gasteiger partial charge in [0.1, 0.15) is 0 Å². The molecule has 3 nitrogen and oxygen atoms in total. The van der Waals surface area contributed by atoms with Crippen molar-refractivity contribution in [1.29, 1.82) is 0 Å². The number of ether oxygens (including phenoxy) is 1. The summed E-state index contributed by atoms with van der Waals surface area (Å²) in [6.45, 7) is 11.7. The lowest BCUT2D eigenvalue weighted by Gasteiger charge is -2.30. The number of hydrogen-bond donors (Lipinski definition) is 0. The minimum Gasteiger partial charge on any atom is -0.465 e. The van der Waals surface area contributed by atoms with Crippen molar-refractivity contribution in [3.05, 3.63) is 0 Å². The van der Waals surface area contributed by atoms with Gasteiger partial charge in [0.15, 0.2) is 0 Å². The number of hydrogen-bond acceptors (Lipinski definition) is 4. The average molecular weight is 259 g/mol. The zero-order valence-electron chi connectivity index (χ0n) is 11.6. The van der Waals surface area contributed by atoms with Gasteiger partial charge in [0.2, 0.25) is 0 Å². The normalized spacial score (nSPS) is 29.9. The Labute approximate surface area is 109 Å². The molecule has 4 heteroatoms. The molecule has 1 saturated heterocycles. The van der Waals surface area contributed by atoms with Crippen LogP contribution < -0.4 is 0 Å². The van der Waals surface area contributed by atoms with Crippen molar-refractivity contribution in [2.75, 3.05) is 13.2 Å². The third kappa shape index (κ3) is 3.62. The van der Waals surface area contributed by atoms with Crippen molar-refractivity contribution < 1.29 is 9.53 Å². The lowest BCUT2D eigenvalue weighted by Crippen LogP contribution is -2.43. The molecule has 3 unspecified atom stereocenters. The van der Waals surface area contributed by atoms with Crippen molar-refractivity contribution in [3.63, 3.8) is 0 Å². The van der Waals surface area contributed by atoms with Crippen molar-refractivity contribution >= 4 is 17.7 Å².